The number of benzene rings is 1. The quantitative estimate of drug-likeness (QED) is 0.600. The lowest BCUT2D eigenvalue weighted by Gasteiger charge is -2.32. The second-order valence-electron chi connectivity index (χ2n) is 7.67. The minimum absolute atomic E-state index is 0.0669. The van der Waals surface area contributed by atoms with E-state index in [2.05, 4.69) is 15.1 Å². The molecule has 1 fully saturated rings. The van der Waals surface area contributed by atoms with Gasteiger partial charge in [-0.05, 0) is 49.2 Å². The molecule has 1 aliphatic heterocycles. The molecule has 8 nitrogen and oxygen atoms in total. The summed E-state index contributed by atoms with van der Waals surface area (Å²) in [6.45, 7) is 0.904. The first-order valence-corrected chi connectivity index (χ1v) is 11.9. The van der Waals surface area contributed by atoms with E-state index >= 15 is 0 Å². The lowest BCUT2D eigenvalue weighted by atomic mass is 9.94. The van der Waals surface area contributed by atoms with E-state index in [4.69, 9.17) is 0 Å². The number of sulfone groups is 1. The maximum absolute atomic E-state index is 13.4. The van der Waals surface area contributed by atoms with Crippen LogP contribution in [0.4, 0.5) is 4.39 Å². The Balaban J connectivity index is 1.69. The van der Waals surface area contributed by atoms with Crippen LogP contribution >= 0.6 is 0 Å². The zero-order valence-electron chi connectivity index (χ0n) is 17.0. The highest BCUT2D eigenvalue weighted by atomic mass is 32.2. The van der Waals surface area contributed by atoms with Crippen molar-refractivity contribution >= 4 is 15.7 Å². The van der Waals surface area contributed by atoms with Gasteiger partial charge in [0.05, 0.1) is 11.4 Å². The molecule has 1 atom stereocenters. The van der Waals surface area contributed by atoms with Gasteiger partial charge in [0.25, 0.3) is 5.95 Å². The maximum Gasteiger partial charge on any atom is 0.250 e. The Hall–Kier alpha value is -3.14. The molecule has 1 aliphatic rings. The highest BCUT2D eigenvalue weighted by Crippen LogP contribution is 2.31. The molecule has 0 aliphatic carbocycles. The first-order valence-electron chi connectivity index (χ1n) is 9.89. The molecule has 4 rings (SSSR count). The van der Waals surface area contributed by atoms with Crippen LogP contribution in [0.5, 0.6) is 0 Å². The molecule has 0 N–H and O–H groups in total. The predicted molar refractivity (Wildman–Crippen MR) is 113 cm³/mol. The highest BCUT2D eigenvalue weighted by Gasteiger charge is 2.29. The summed E-state index contributed by atoms with van der Waals surface area (Å²) >= 11 is 0. The maximum atomic E-state index is 13.4. The summed E-state index contributed by atoms with van der Waals surface area (Å²) < 4.78 is 38.1. The SMILES string of the molecule is CS(=O)(=O)CC(=O)N1CCCC(c2cc(-c3ccc(F)cc3)nn2-c2ncccn2)C1. The number of hydrogen-bond donors (Lipinski definition) is 0. The highest BCUT2D eigenvalue weighted by molar-refractivity contribution is 7.91. The van der Waals surface area contributed by atoms with Crippen LogP contribution in [0.2, 0.25) is 0 Å². The van der Waals surface area contributed by atoms with E-state index in [1.807, 2.05) is 6.07 Å². The summed E-state index contributed by atoms with van der Waals surface area (Å²) in [4.78, 5) is 22.7. The normalized spacial score (nSPS) is 17.0. The van der Waals surface area contributed by atoms with E-state index in [1.54, 1.807) is 40.2 Å². The van der Waals surface area contributed by atoms with Crippen LogP contribution in [0.3, 0.4) is 0 Å². The molecule has 1 unspecified atom stereocenters. The third-order valence-electron chi connectivity index (χ3n) is 5.20. The van der Waals surface area contributed by atoms with Gasteiger partial charge in [-0.2, -0.15) is 5.10 Å². The fraction of sp³-hybridized carbons (Fsp3) is 0.333. The monoisotopic (exact) mass is 443 g/mol. The van der Waals surface area contributed by atoms with Crippen molar-refractivity contribution < 1.29 is 17.6 Å². The number of nitrogens with zero attached hydrogens (tertiary/aromatic N) is 5. The molecule has 31 heavy (non-hydrogen) atoms. The molecule has 0 spiro atoms. The zero-order valence-corrected chi connectivity index (χ0v) is 17.8. The van der Waals surface area contributed by atoms with Gasteiger partial charge in [0.1, 0.15) is 11.6 Å². The largest absolute Gasteiger partial charge is 0.341 e. The topological polar surface area (TPSA) is 98.1 Å². The number of carbonyl (C=O) groups excluding carboxylic acids is 1. The van der Waals surface area contributed by atoms with Crippen molar-refractivity contribution in [2.24, 2.45) is 0 Å². The van der Waals surface area contributed by atoms with Crippen LogP contribution in [-0.2, 0) is 14.6 Å². The fourth-order valence-corrected chi connectivity index (χ4v) is 4.40. The van der Waals surface area contributed by atoms with Gasteiger partial charge in [0, 0.05) is 43.2 Å². The van der Waals surface area contributed by atoms with Crippen LogP contribution < -0.4 is 0 Å². The minimum atomic E-state index is -3.40. The smallest absolute Gasteiger partial charge is 0.250 e. The van der Waals surface area contributed by atoms with Crippen molar-refractivity contribution in [3.63, 3.8) is 0 Å². The third kappa shape index (κ3) is 4.96. The van der Waals surface area contributed by atoms with Crippen molar-refractivity contribution in [3.05, 3.63) is 60.3 Å². The van der Waals surface area contributed by atoms with E-state index < -0.39 is 21.5 Å². The number of carbonyl (C=O) groups is 1. The number of likely N-dealkylation sites (tertiary alicyclic amines) is 1. The Bertz CT molecular complexity index is 1180. The van der Waals surface area contributed by atoms with Crippen LogP contribution in [-0.4, -0.2) is 64.1 Å². The van der Waals surface area contributed by atoms with Crippen molar-refractivity contribution in [2.45, 2.75) is 18.8 Å². The second-order valence-corrected chi connectivity index (χ2v) is 9.81. The molecular weight excluding hydrogens is 421 g/mol. The number of rotatable bonds is 5. The van der Waals surface area contributed by atoms with Gasteiger partial charge >= 0.3 is 0 Å². The molecule has 0 radical (unpaired) electrons. The Morgan fingerprint density at radius 2 is 1.90 bits per heavy atom. The molecule has 2 aromatic heterocycles. The lowest BCUT2D eigenvalue weighted by molar-refractivity contribution is -0.129. The second kappa shape index (κ2) is 8.54. The molecule has 10 heteroatoms. The average molecular weight is 444 g/mol. The molecule has 1 aromatic carbocycles. The Labute approximate surface area is 179 Å². The predicted octanol–water partition coefficient (Wildman–Crippen LogP) is 2.22. The van der Waals surface area contributed by atoms with Crippen LogP contribution in [0.25, 0.3) is 17.2 Å². The Kier molecular flexibility index (Phi) is 5.81. The van der Waals surface area contributed by atoms with Gasteiger partial charge < -0.3 is 4.90 Å². The van der Waals surface area contributed by atoms with Gasteiger partial charge in [-0.15, -0.1) is 0 Å². The van der Waals surface area contributed by atoms with Crippen molar-refractivity contribution in [3.8, 4) is 17.2 Å². The van der Waals surface area contributed by atoms with E-state index in [1.165, 1.54) is 12.1 Å². The summed E-state index contributed by atoms with van der Waals surface area (Å²) in [5.41, 5.74) is 2.21. The number of piperidine rings is 1. The standard InChI is InChI=1S/C21H22FN5O3S/c1-31(29,30)14-20(28)26-11-2-4-16(13-26)19-12-18(15-5-7-17(22)8-6-15)25-27(19)21-23-9-3-10-24-21/h3,5-10,12,16H,2,4,11,13-14H2,1H3. The van der Waals surface area contributed by atoms with Crippen LogP contribution in [0.15, 0.2) is 48.8 Å². The molecule has 162 valence electrons. The third-order valence-corrected chi connectivity index (χ3v) is 5.97. The van der Waals surface area contributed by atoms with Crippen molar-refractivity contribution in [1.29, 1.82) is 0 Å². The summed E-state index contributed by atoms with van der Waals surface area (Å²) in [5.74, 6) is -0.898. The van der Waals surface area contributed by atoms with E-state index in [9.17, 15) is 17.6 Å². The van der Waals surface area contributed by atoms with E-state index in [0.717, 1.165) is 30.4 Å². The van der Waals surface area contributed by atoms with Gasteiger partial charge in [0.15, 0.2) is 9.84 Å². The zero-order chi connectivity index (χ0) is 22.0. The molecule has 1 saturated heterocycles. The van der Waals surface area contributed by atoms with Crippen molar-refractivity contribution in [1.82, 2.24) is 24.6 Å². The van der Waals surface area contributed by atoms with Crippen LogP contribution in [0.1, 0.15) is 24.5 Å². The summed E-state index contributed by atoms with van der Waals surface area (Å²) in [6, 6.07) is 9.66. The summed E-state index contributed by atoms with van der Waals surface area (Å²) in [5, 5.41) is 4.65. The number of amides is 1. The molecular formula is C21H22FN5O3S. The van der Waals surface area contributed by atoms with Crippen molar-refractivity contribution in [2.75, 3.05) is 25.1 Å². The molecule has 3 aromatic rings. The molecule has 3 heterocycles. The first-order chi connectivity index (χ1) is 14.8. The Morgan fingerprint density at radius 3 is 2.58 bits per heavy atom. The first kappa shape index (κ1) is 21.1. The number of aromatic nitrogens is 4. The van der Waals surface area contributed by atoms with Crippen LogP contribution in [0, 0.1) is 5.82 Å². The van der Waals surface area contributed by atoms with Gasteiger partial charge in [-0.1, -0.05) is 0 Å². The average Bonchev–Trinajstić information content (AvgIpc) is 3.19. The number of halogens is 1. The Morgan fingerprint density at radius 1 is 1.19 bits per heavy atom. The molecule has 1 amide bonds. The van der Waals surface area contributed by atoms with E-state index in [-0.39, 0.29) is 11.7 Å². The summed E-state index contributed by atoms with van der Waals surface area (Å²) in [7, 11) is -3.40. The fourth-order valence-electron chi connectivity index (χ4n) is 3.77. The van der Waals surface area contributed by atoms with Gasteiger partial charge in [-0.3, -0.25) is 4.79 Å². The number of hydrogen-bond acceptors (Lipinski definition) is 6. The summed E-state index contributed by atoms with van der Waals surface area (Å²) in [6.07, 6.45) is 5.85. The lowest BCUT2D eigenvalue weighted by Crippen LogP contribution is -2.42. The molecule has 0 bridgehead atoms. The van der Waals surface area contributed by atoms with E-state index in [0.29, 0.717) is 24.7 Å². The van der Waals surface area contributed by atoms with Gasteiger partial charge in [-0.25, -0.2) is 27.5 Å². The minimum Gasteiger partial charge on any atom is -0.341 e. The van der Waals surface area contributed by atoms with Gasteiger partial charge in [0.2, 0.25) is 5.91 Å². The molecule has 0 saturated carbocycles.